The molecule has 68 valence electrons. The Hall–Kier alpha value is -2.10. The Morgan fingerprint density at radius 2 is 2.21 bits per heavy atom. The molecule has 0 radical (unpaired) electrons. The second-order valence-corrected chi connectivity index (χ2v) is 3.05. The van der Waals surface area contributed by atoms with Crippen molar-refractivity contribution in [2.75, 3.05) is 0 Å². The van der Waals surface area contributed by atoms with Crippen LogP contribution in [0.25, 0.3) is 21.9 Å². The van der Waals surface area contributed by atoms with Gasteiger partial charge in [-0.2, -0.15) is 0 Å². The molecule has 0 spiro atoms. The Labute approximate surface area is 78.2 Å². The second-order valence-electron chi connectivity index (χ2n) is 3.05. The number of rotatable bonds is 0. The Bertz CT molecular complexity index is 666. The Kier molecular flexibility index (Phi) is 1.28. The van der Waals surface area contributed by atoms with Crippen LogP contribution < -0.4 is 5.76 Å². The third kappa shape index (κ3) is 0.877. The third-order valence-electron chi connectivity index (χ3n) is 2.21. The lowest BCUT2D eigenvalue weighted by Crippen LogP contribution is -1.92. The number of fused-ring (bicyclic) bond motifs is 3. The van der Waals surface area contributed by atoms with Gasteiger partial charge in [-0.05, 0) is 17.5 Å². The van der Waals surface area contributed by atoms with Gasteiger partial charge in [0.25, 0.3) is 0 Å². The second kappa shape index (κ2) is 2.45. The summed E-state index contributed by atoms with van der Waals surface area (Å²) >= 11 is 0. The van der Waals surface area contributed by atoms with E-state index in [1.165, 1.54) is 0 Å². The molecule has 3 aromatic rings. The van der Waals surface area contributed by atoms with Gasteiger partial charge in [-0.1, -0.05) is 6.07 Å². The van der Waals surface area contributed by atoms with Crippen LogP contribution in [0.1, 0.15) is 0 Å². The number of hydrogen-bond acceptors (Lipinski definition) is 3. The molecular weight excluding hydrogens is 180 g/mol. The van der Waals surface area contributed by atoms with Crippen molar-refractivity contribution in [3.05, 3.63) is 41.1 Å². The highest BCUT2D eigenvalue weighted by atomic mass is 16.4. The molecule has 0 unspecified atom stereocenters. The molecule has 0 amide bonds. The highest BCUT2D eigenvalue weighted by molar-refractivity contribution is 6.02. The number of pyridine rings is 1. The van der Waals surface area contributed by atoms with E-state index in [-0.39, 0.29) is 0 Å². The van der Waals surface area contributed by atoms with Crippen LogP contribution in [0.15, 0.2) is 39.8 Å². The van der Waals surface area contributed by atoms with E-state index in [1.807, 2.05) is 18.2 Å². The van der Waals surface area contributed by atoms with Crippen LogP contribution in [0, 0.1) is 0 Å². The molecule has 2 aromatic heterocycles. The van der Waals surface area contributed by atoms with Crippen LogP contribution in [-0.2, 0) is 0 Å². The summed E-state index contributed by atoms with van der Waals surface area (Å²) in [5.74, 6) is -0.434. The first kappa shape index (κ1) is 7.32. The first-order chi connectivity index (χ1) is 6.84. The Balaban J connectivity index is 2.66. The number of aromatic nitrogens is 2. The van der Waals surface area contributed by atoms with Crippen molar-refractivity contribution >= 4 is 21.9 Å². The lowest BCUT2D eigenvalue weighted by Gasteiger charge is -1.94. The number of aromatic amines is 1. The van der Waals surface area contributed by atoms with E-state index in [0.29, 0.717) is 11.1 Å². The topological polar surface area (TPSA) is 58.9 Å². The van der Waals surface area contributed by atoms with E-state index in [2.05, 4.69) is 9.97 Å². The summed E-state index contributed by atoms with van der Waals surface area (Å²) in [6.45, 7) is 0. The lowest BCUT2D eigenvalue weighted by atomic mass is 10.1. The predicted molar refractivity (Wildman–Crippen MR) is 52.1 cm³/mol. The maximum absolute atomic E-state index is 11.0. The zero-order valence-electron chi connectivity index (χ0n) is 7.15. The van der Waals surface area contributed by atoms with E-state index >= 15 is 0 Å². The van der Waals surface area contributed by atoms with Crippen LogP contribution in [0.4, 0.5) is 0 Å². The van der Waals surface area contributed by atoms with E-state index < -0.39 is 5.76 Å². The molecule has 0 saturated heterocycles. The maximum atomic E-state index is 11.0. The first-order valence-corrected chi connectivity index (χ1v) is 4.20. The highest BCUT2D eigenvalue weighted by Gasteiger charge is 2.04. The van der Waals surface area contributed by atoms with Crippen molar-refractivity contribution in [1.29, 1.82) is 0 Å². The van der Waals surface area contributed by atoms with Crippen molar-refractivity contribution in [1.82, 2.24) is 9.97 Å². The molecule has 4 heteroatoms. The lowest BCUT2D eigenvalue weighted by molar-refractivity contribution is 0.558. The number of benzene rings is 1. The molecule has 1 aromatic carbocycles. The normalized spacial score (nSPS) is 11.1. The van der Waals surface area contributed by atoms with Gasteiger partial charge in [-0.25, -0.2) is 4.79 Å². The Morgan fingerprint density at radius 3 is 3.14 bits per heavy atom. The molecule has 1 N–H and O–H groups in total. The van der Waals surface area contributed by atoms with Crippen LogP contribution in [0.2, 0.25) is 0 Å². The monoisotopic (exact) mass is 186 g/mol. The summed E-state index contributed by atoms with van der Waals surface area (Å²) in [5.41, 5.74) is 1.27. The zero-order valence-corrected chi connectivity index (χ0v) is 7.15. The van der Waals surface area contributed by atoms with Gasteiger partial charge in [0.2, 0.25) is 0 Å². The number of oxazole rings is 1. The van der Waals surface area contributed by atoms with Gasteiger partial charge in [-0.15, -0.1) is 0 Å². The average Bonchev–Trinajstić information content (AvgIpc) is 2.59. The van der Waals surface area contributed by atoms with E-state index in [4.69, 9.17) is 4.42 Å². The summed E-state index contributed by atoms with van der Waals surface area (Å²) in [4.78, 5) is 17.6. The van der Waals surface area contributed by atoms with Crippen molar-refractivity contribution in [3.63, 3.8) is 0 Å². The highest BCUT2D eigenvalue weighted by Crippen LogP contribution is 2.21. The van der Waals surface area contributed by atoms with Crippen LogP contribution in [0.3, 0.4) is 0 Å². The van der Waals surface area contributed by atoms with Crippen molar-refractivity contribution in [2.24, 2.45) is 0 Å². The minimum absolute atomic E-state index is 0.434. The molecule has 0 atom stereocenters. The van der Waals surface area contributed by atoms with Crippen LogP contribution >= 0.6 is 0 Å². The average molecular weight is 186 g/mol. The molecule has 0 bridgehead atoms. The van der Waals surface area contributed by atoms with Gasteiger partial charge >= 0.3 is 5.76 Å². The van der Waals surface area contributed by atoms with Gasteiger partial charge in [0.05, 0.1) is 5.52 Å². The molecule has 0 aliphatic carbocycles. The fraction of sp³-hybridized carbons (Fsp3) is 0. The summed E-state index contributed by atoms with van der Waals surface area (Å²) in [7, 11) is 0. The van der Waals surface area contributed by atoms with Crippen LogP contribution in [0.5, 0.6) is 0 Å². The summed E-state index contributed by atoms with van der Waals surface area (Å²) in [5, 5.41) is 1.86. The van der Waals surface area contributed by atoms with Gasteiger partial charge in [-0.3, -0.25) is 9.97 Å². The Morgan fingerprint density at radius 1 is 1.29 bits per heavy atom. The van der Waals surface area contributed by atoms with E-state index in [0.717, 1.165) is 10.8 Å². The van der Waals surface area contributed by atoms with Gasteiger partial charge in [0.15, 0.2) is 5.58 Å². The fourth-order valence-corrected chi connectivity index (χ4v) is 1.57. The maximum Gasteiger partial charge on any atom is 0.417 e. The smallest absolute Gasteiger partial charge is 0.407 e. The number of H-pyrrole nitrogens is 1. The largest absolute Gasteiger partial charge is 0.417 e. The van der Waals surface area contributed by atoms with Gasteiger partial charge < -0.3 is 4.42 Å². The SMILES string of the molecule is O=c1[nH]c2ccc3ccncc3c2o1. The van der Waals surface area contributed by atoms with Crippen LogP contribution in [-0.4, -0.2) is 9.97 Å². The minimum atomic E-state index is -0.434. The number of nitrogens with one attached hydrogen (secondary N) is 1. The number of nitrogens with zero attached hydrogens (tertiary/aromatic N) is 1. The summed E-state index contributed by atoms with van der Waals surface area (Å²) < 4.78 is 5.03. The zero-order chi connectivity index (χ0) is 9.54. The van der Waals surface area contributed by atoms with E-state index in [1.54, 1.807) is 12.4 Å². The minimum Gasteiger partial charge on any atom is -0.407 e. The summed E-state index contributed by atoms with van der Waals surface area (Å²) in [6.07, 6.45) is 3.40. The predicted octanol–water partition coefficient (Wildman–Crippen LogP) is 1.67. The molecule has 14 heavy (non-hydrogen) atoms. The summed E-state index contributed by atoms with van der Waals surface area (Å²) in [6, 6.07) is 5.62. The molecular formula is C10H6N2O2. The van der Waals surface area contributed by atoms with Crippen molar-refractivity contribution in [2.45, 2.75) is 0 Å². The first-order valence-electron chi connectivity index (χ1n) is 4.20. The fourth-order valence-electron chi connectivity index (χ4n) is 1.57. The quantitative estimate of drug-likeness (QED) is 0.581. The van der Waals surface area contributed by atoms with E-state index in [9.17, 15) is 4.79 Å². The van der Waals surface area contributed by atoms with Crippen molar-refractivity contribution in [3.8, 4) is 0 Å². The number of hydrogen-bond donors (Lipinski definition) is 1. The van der Waals surface area contributed by atoms with Crippen molar-refractivity contribution < 1.29 is 4.42 Å². The van der Waals surface area contributed by atoms with Gasteiger partial charge in [0.1, 0.15) is 0 Å². The molecule has 2 heterocycles. The molecule has 4 nitrogen and oxygen atoms in total. The van der Waals surface area contributed by atoms with Gasteiger partial charge in [0, 0.05) is 17.8 Å². The molecule has 0 fully saturated rings. The molecule has 0 saturated carbocycles. The third-order valence-corrected chi connectivity index (χ3v) is 2.21. The molecule has 0 aliphatic rings. The molecule has 3 rings (SSSR count). The standard InChI is InChI=1S/C10H6N2O2/c13-10-12-8-2-1-6-3-4-11-5-7(6)9(8)14-10/h1-5H,(H,12,13). The molecule has 0 aliphatic heterocycles.